The highest BCUT2D eigenvalue weighted by Crippen LogP contribution is 2.48. The fraction of sp³-hybridized carbons (Fsp3) is 0.800. The summed E-state index contributed by atoms with van der Waals surface area (Å²) in [5, 5.41) is 0. The van der Waals surface area contributed by atoms with Crippen LogP contribution in [-0.4, -0.2) is 4.98 Å². The number of rotatable bonds is 2. The van der Waals surface area contributed by atoms with Crippen LogP contribution < -0.4 is 0 Å². The molecule has 2 rings (SSSR count). The topological polar surface area (TPSA) is 12.9 Å². The van der Waals surface area contributed by atoms with Gasteiger partial charge in [-0.3, -0.25) is 0 Å². The van der Waals surface area contributed by atoms with E-state index in [9.17, 15) is 0 Å². The van der Waals surface area contributed by atoms with E-state index in [0.717, 1.165) is 0 Å². The van der Waals surface area contributed by atoms with Gasteiger partial charge in [-0.15, -0.1) is 11.3 Å². The van der Waals surface area contributed by atoms with Crippen LogP contribution in [0.15, 0.2) is 5.51 Å². The van der Waals surface area contributed by atoms with Crippen molar-refractivity contribution in [3.63, 3.8) is 0 Å². The normalized spacial score (nSPS) is 17.6. The zero-order valence-electron chi connectivity index (χ0n) is 12.2. The van der Waals surface area contributed by atoms with Crippen molar-refractivity contribution in [2.75, 3.05) is 0 Å². The first-order valence-electron chi connectivity index (χ1n) is 7.02. The van der Waals surface area contributed by atoms with E-state index in [1.54, 1.807) is 4.88 Å². The third-order valence-corrected chi connectivity index (χ3v) is 5.03. The monoisotopic (exact) mass is 253 g/mol. The molecule has 0 spiro atoms. The molecule has 0 atom stereocenters. The summed E-state index contributed by atoms with van der Waals surface area (Å²) in [7, 11) is 0. The van der Waals surface area contributed by atoms with Crippen molar-refractivity contribution in [1.29, 1.82) is 0 Å². The molecule has 0 unspecified atom stereocenters. The average molecular weight is 253 g/mol. The van der Waals surface area contributed by atoms with Gasteiger partial charge in [-0.05, 0) is 31.1 Å². The Morgan fingerprint density at radius 2 is 1.76 bits per heavy atom. The molecule has 0 N–H and O–H groups in total. The van der Waals surface area contributed by atoms with E-state index in [2.05, 4.69) is 32.7 Å². The fourth-order valence-corrected chi connectivity index (χ4v) is 4.18. The highest BCUT2D eigenvalue weighted by Gasteiger charge is 2.43. The van der Waals surface area contributed by atoms with Crippen molar-refractivity contribution in [1.82, 2.24) is 4.98 Å². The van der Waals surface area contributed by atoms with Gasteiger partial charge >= 0.3 is 0 Å². The van der Waals surface area contributed by atoms with Crippen LogP contribution in [0.25, 0.3) is 0 Å². The van der Waals surface area contributed by atoms with Gasteiger partial charge in [0.15, 0.2) is 0 Å². The summed E-state index contributed by atoms with van der Waals surface area (Å²) in [4.78, 5) is 6.22. The van der Waals surface area contributed by atoms with Crippen molar-refractivity contribution < 1.29 is 0 Å². The minimum Gasteiger partial charge on any atom is -0.249 e. The summed E-state index contributed by atoms with van der Waals surface area (Å²) in [6, 6.07) is 0. The molecular weight excluding hydrogens is 226 g/mol. The lowest BCUT2D eigenvalue weighted by molar-refractivity contribution is 0.181. The second kappa shape index (κ2) is 5.99. The Balaban J connectivity index is 0.000000686. The van der Waals surface area contributed by atoms with Crippen LogP contribution in [0, 0.1) is 11.8 Å². The van der Waals surface area contributed by atoms with Gasteiger partial charge in [0, 0.05) is 10.3 Å². The van der Waals surface area contributed by atoms with Crippen LogP contribution in [0.2, 0.25) is 0 Å². The molecule has 98 valence electrons. The number of thiazole rings is 1. The molecule has 17 heavy (non-hydrogen) atoms. The molecule has 0 radical (unpaired) electrons. The van der Waals surface area contributed by atoms with Crippen molar-refractivity contribution in [3.05, 3.63) is 16.1 Å². The van der Waals surface area contributed by atoms with Gasteiger partial charge in [0.2, 0.25) is 0 Å². The third kappa shape index (κ3) is 2.42. The summed E-state index contributed by atoms with van der Waals surface area (Å²) in [6.45, 7) is 13.4. The average Bonchev–Trinajstić information content (AvgIpc) is 2.78. The number of aryl methyl sites for hydroxylation is 1. The molecule has 0 fully saturated rings. The number of fused-ring (bicyclic) bond motifs is 1. The van der Waals surface area contributed by atoms with E-state index >= 15 is 0 Å². The fourth-order valence-electron chi connectivity index (χ4n) is 3.28. The van der Waals surface area contributed by atoms with E-state index in [1.807, 2.05) is 30.7 Å². The molecule has 2 heteroatoms. The molecule has 0 saturated heterocycles. The highest BCUT2D eigenvalue weighted by molar-refractivity contribution is 7.09. The second-order valence-electron chi connectivity index (χ2n) is 5.33. The molecule has 0 aliphatic heterocycles. The molecule has 1 aliphatic rings. The van der Waals surface area contributed by atoms with Crippen LogP contribution in [0.3, 0.4) is 0 Å². The molecule has 1 aliphatic carbocycles. The van der Waals surface area contributed by atoms with Gasteiger partial charge in [-0.2, -0.15) is 0 Å². The maximum atomic E-state index is 4.67. The molecule has 0 bridgehead atoms. The molecule has 1 aromatic rings. The Labute approximate surface area is 111 Å². The molecule has 1 nitrogen and oxygen atoms in total. The van der Waals surface area contributed by atoms with Crippen molar-refractivity contribution in [2.24, 2.45) is 11.8 Å². The van der Waals surface area contributed by atoms with Crippen molar-refractivity contribution in [3.8, 4) is 0 Å². The van der Waals surface area contributed by atoms with Crippen LogP contribution in [0.4, 0.5) is 0 Å². The van der Waals surface area contributed by atoms with Gasteiger partial charge in [-0.25, -0.2) is 4.98 Å². The Kier molecular flexibility index (Phi) is 5.18. The van der Waals surface area contributed by atoms with E-state index in [4.69, 9.17) is 0 Å². The lowest BCUT2D eigenvalue weighted by Gasteiger charge is -2.43. The minimum absolute atomic E-state index is 0.341. The van der Waals surface area contributed by atoms with Crippen LogP contribution in [-0.2, 0) is 11.8 Å². The van der Waals surface area contributed by atoms with Gasteiger partial charge < -0.3 is 0 Å². The lowest BCUT2D eigenvalue weighted by atomic mass is 9.61. The van der Waals surface area contributed by atoms with Crippen LogP contribution in [0.1, 0.15) is 65.0 Å². The third-order valence-electron chi connectivity index (χ3n) is 4.14. The summed E-state index contributed by atoms with van der Waals surface area (Å²) in [6.07, 6.45) is 3.91. The molecule has 1 heterocycles. The molecule has 1 aromatic heterocycles. The molecular formula is C15H27NS. The zero-order chi connectivity index (χ0) is 13.1. The van der Waals surface area contributed by atoms with Crippen molar-refractivity contribution in [2.45, 2.75) is 66.2 Å². The first kappa shape index (κ1) is 14.7. The summed E-state index contributed by atoms with van der Waals surface area (Å²) >= 11 is 1.85. The number of nitrogens with zero attached hydrogens (tertiary/aromatic N) is 1. The summed E-state index contributed by atoms with van der Waals surface area (Å²) in [5.41, 5.74) is 3.80. The second-order valence-corrected chi connectivity index (χ2v) is 6.27. The Morgan fingerprint density at radius 3 is 2.29 bits per heavy atom. The summed E-state index contributed by atoms with van der Waals surface area (Å²) < 4.78 is 0. The van der Waals surface area contributed by atoms with Crippen LogP contribution >= 0.6 is 11.3 Å². The Hall–Kier alpha value is -0.370. The number of aromatic nitrogens is 1. The quantitative estimate of drug-likeness (QED) is 0.718. The first-order chi connectivity index (χ1) is 8.09. The maximum Gasteiger partial charge on any atom is 0.0797 e. The standard InChI is InChI=1S/C13H21NS.C2H6/c1-9(2)13(10(3)4)7-5-6-11-12(13)14-8-15-11;1-2/h8-10H,5-7H2,1-4H3;1-2H3. The highest BCUT2D eigenvalue weighted by atomic mass is 32.1. The van der Waals surface area contributed by atoms with E-state index in [0.29, 0.717) is 17.3 Å². The van der Waals surface area contributed by atoms with E-state index < -0.39 is 0 Å². The number of hydrogen-bond donors (Lipinski definition) is 0. The molecule has 0 aromatic carbocycles. The predicted octanol–water partition coefficient (Wildman–Crippen LogP) is 5.06. The van der Waals surface area contributed by atoms with Crippen molar-refractivity contribution >= 4 is 11.3 Å². The minimum atomic E-state index is 0.341. The van der Waals surface area contributed by atoms with E-state index in [1.165, 1.54) is 25.0 Å². The van der Waals surface area contributed by atoms with Gasteiger partial charge in [0.1, 0.15) is 0 Å². The molecule has 0 amide bonds. The predicted molar refractivity (Wildman–Crippen MR) is 77.8 cm³/mol. The number of hydrogen-bond acceptors (Lipinski definition) is 2. The van der Waals surface area contributed by atoms with Gasteiger partial charge in [0.25, 0.3) is 0 Å². The maximum absolute atomic E-state index is 4.67. The largest absolute Gasteiger partial charge is 0.249 e. The lowest BCUT2D eigenvalue weighted by Crippen LogP contribution is -2.41. The SMILES string of the molecule is CC.CC(C)C1(C(C)C)CCCc2scnc21. The van der Waals surface area contributed by atoms with Gasteiger partial charge in [0.05, 0.1) is 11.2 Å². The van der Waals surface area contributed by atoms with Gasteiger partial charge in [-0.1, -0.05) is 41.5 Å². The summed E-state index contributed by atoms with van der Waals surface area (Å²) in [5.74, 6) is 1.39. The zero-order valence-corrected chi connectivity index (χ0v) is 13.0. The first-order valence-corrected chi connectivity index (χ1v) is 7.90. The Morgan fingerprint density at radius 1 is 1.18 bits per heavy atom. The van der Waals surface area contributed by atoms with Crippen LogP contribution in [0.5, 0.6) is 0 Å². The Bertz CT molecular complexity index is 330. The molecule has 0 saturated carbocycles. The smallest absolute Gasteiger partial charge is 0.0797 e. The van der Waals surface area contributed by atoms with E-state index in [-0.39, 0.29) is 0 Å².